The van der Waals surface area contributed by atoms with E-state index in [0.717, 1.165) is 5.57 Å². The lowest BCUT2D eigenvalue weighted by atomic mass is 9.39. The van der Waals surface area contributed by atoms with Crippen LogP contribution in [0, 0.1) is 34.0 Å². The van der Waals surface area contributed by atoms with Crippen LogP contribution in [0.25, 0.3) is 0 Å². The first-order valence-electron chi connectivity index (χ1n) is 15.7. The van der Waals surface area contributed by atoms with Crippen molar-refractivity contribution in [3.8, 4) is 0 Å². The SMILES string of the molecule is C[C@H]1CC2C3CCC4=CC(=O)C=C[C@]4(C)[C@@]3(C)[C@@H](O)C[C@]2(C)[C@@]1(OC(=O)CCCON(O)O)C(=O)COC(=O)CCCON(O)O. The van der Waals surface area contributed by atoms with E-state index in [0.29, 0.717) is 19.3 Å². The molecule has 4 aliphatic carbocycles. The quantitative estimate of drug-likeness (QED) is 0.103. The van der Waals surface area contributed by atoms with E-state index in [1.165, 1.54) is 0 Å². The van der Waals surface area contributed by atoms with Gasteiger partial charge in [0.1, 0.15) is 0 Å². The number of aliphatic hydroxyl groups excluding tert-OH is 1. The molecular formula is C31H46N2O13. The summed E-state index contributed by atoms with van der Waals surface area (Å²) in [5.41, 5.74) is -3.13. The number of aliphatic hydroxyl groups is 1. The van der Waals surface area contributed by atoms with Crippen LogP contribution in [-0.4, -0.2) is 91.7 Å². The summed E-state index contributed by atoms with van der Waals surface area (Å²) in [6.07, 6.45) is 5.79. The zero-order valence-electron chi connectivity index (χ0n) is 26.7. The minimum Gasteiger partial charge on any atom is -0.457 e. The van der Waals surface area contributed by atoms with Crippen molar-refractivity contribution in [3.05, 3.63) is 23.8 Å². The highest BCUT2D eigenvalue weighted by Gasteiger charge is 2.75. The number of ether oxygens (including phenoxy) is 2. The largest absolute Gasteiger partial charge is 0.457 e. The first-order chi connectivity index (χ1) is 21.5. The van der Waals surface area contributed by atoms with Crippen LogP contribution in [0.3, 0.4) is 0 Å². The van der Waals surface area contributed by atoms with Gasteiger partial charge in [-0.2, -0.15) is 0 Å². The summed E-state index contributed by atoms with van der Waals surface area (Å²) in [5.74, 6) is -2.97. The van der Waals surface area contributed by atoms with Crippen LogP contribution in [0.2, 0.25) is 0 Å². The van der Waals surface area contributed by atoms with E-state index < -0.39 is 69.0 Å². The van der Waals surface area contributed by atoms with Gasteiger partial charge in [0.05, 0.1) is 30.1 Å². The van der Waals surface area contributed by atoms with Crippen molar-refractivity contribution in [1.82, 2.24) is 10.8 Å². The van der Waals surface area contributed by atoms with Crippen molar-refractivity contribution in [3.63, 3.8) is 0 Å². The molecule has 3 saturated carbocycles. The lowest BCUT2D eigenvalue weighted by molar-refractivity contribution is -0.492. The lowest BCUT2D eigenvalue weighted by Crippen LogP contribution is -2.67. The fraction of sp³-hybridized carbons (Fsp3) is 0.742. The maximum atomic E-state index is 14.3. The zero-order valence-corrected chi connectivity index (χ0v) is 26.7. The molecule has 0 spiro atoms. The van der Waals surface area contributed by atoms with E-state index >= 15 is 0 Å². The van der Waals surface area contributed by atoms with Crippen molar-refractivity contribution in [1.29, 1.82) is 0 Å². The second kappa shape index (κ2) is 13.9. The molecule has 0 heterocycles. The second-order valence-electron chi connectivity index (χ2n) is 13.6. The Morgan fingerprint density at radius 3 is 2.17 bits per heavy atom. The summed E-state index contributed by atoms with van der Waals surface area (Å²) in [4.78, 5) is 61.3. The Morgan fingerprint density at radius 2 is 1.57 bits per heavy atom. The molecule has 3 fully saturated rings. The Labute approximate surface area is 267 Å². The maximum Gasteiger partial charge on any atom is 0.306 e. The Balaban J connectivity index is 1.63. The summed E-state index contributed by atoms with van der Waals surface area (Å²) in [6.45, 7) is 6.66. The van der Waals surface area contributed by atoms with Gasteiger partial charge in [0.2, 0.25) is 5.78 Å². The van der Waals surface area contributed by atoms with Crippen molar-refractivity contribution in [2.75, 3.05) is 19.8 Å². The van der Waals surface area contributed by atoms with Gasteiger partial charge in [0, 0.05) is 35.0 Å². The van der Waals surface area contributed by atoms with Gasteiger partial charge in [-0.3, -0.25) is 49.7 Å². The number of allylic oxidation sites excluding steroid dienone is 4. The van der Waals surface area contributed by atoms with E-state index in [1.54, 1.807) is 12.2 Å². The third-order valence-electron chi connectivity index (χ3n) is 11.5. The average molecular weight is 655 g/mol. The molecule has 5 N–H and O–H groups in total. The Morgan fingerprint density at radius 1 is 0.957 bits per heavy atom. The van der Waals surface area contributed by atoms with E-state index in [4.69, 9.17) is 30.3 Å². The van der Waals surface area contributed by atoms with Crippen LogP contribution in [0.5, 0.6) is 0 Å². The van der Waals surface area contributed by atoms with Crippen LogP contribution in [0.1, 0.15) is 79.1 Å². The zero-order chi connectivity index (χ0) is 34.1. The predicted octanol–water partition coefficient (Wildman–Crippen LogP) is 2.88. The molecule has 4 rings (SSSR count). The third kappa shape index (κ3) is 6.32. The summed E-state index contributed by atoms with van der Waals surface area (Å²) in [6, 6.07) is 0. The molecule has 0 amide bonds. The maximum absolute atomic E-state index is 14.3. The van der Waals surface area contributed by atoms with Gasteiger partial charge in [-0.05, 0) is 62.5 Å². The number of carbonyl (C=O) groups is 4. The predicted molar refractivity (Wildman–Crippen MR) is 153 cm³/mol. The van der Waals surface area contributed by atoms with Crippen molar-refractivity contribution in [2.45, 2.75) is 90.8 Å². The van der Waals surface area contributed by atoms with Crippen LogP contribution < -0.4 is 0 Å². The van der Waals surface area contributed by atoms with Crippen LogP contribution >= 0.6 is 0 Å². The number of ketones is 2. The smallest absolute Gasteiger partial charge is 0.306 e. The molecule has 4 aliphatic rings. The Hall–Kier alpha value is -2.60. The first-order valence-corrected chi connectivity index (χ1v) is 15.7. The minimum atomic E-state index is -1.76. The number of hydrogen-bond donors (Lipinski definition) is 5. The number of nitrogens with zero attached hydrogens (tertiary/aromatic N) is 2. The molecule has 0 aromatic carbocycles. The standard InChI is InChI=1S/C31H46N2O13/c1-19-15-23-22-10-9-20-16-21(34)11-12-28(20,2)30(22,4)24(35)17-29(23,3)31(19,46-27(38)8-6-14-45-33(41)42)25(36)18-43-26(37)7-5-13-44-32(39)40/h11-12,16,19,22-24,35,39-42H,5-10,13-15,17-18H2,1-4H3/t19-,22?,23?,24-,28-,29-,30+,31-/m0/s1. The summed E-state index contributed by atoms with van der Waals surface area (Å²) in [7, 11) is 0. The van der Waals surface area contributed by atoms with Crippen LogP contribution in [0.15, 0.2) is 23.8 Å². The molecule has 0 saturated heterocycles. The highest BCUT2D eigenvalue weighted by atomic mass is 17.1. The number of carbonyl (C=O) groups excluding carboxylic acids is 4. The highest BCUT2D eigenvalue weighted by molar-refractivity contribution is 6.01. The molecule has 0 bridgehead atoms. The fourth-order valence-corrected chi connectivity index (χ4v) is 9.11. The summed E-state index contributed by atoms with van der Waals surface area (Å²) >= 11 is 0. The number of hydrogen-bond acceptors (Lipinski definition) is 15. The summed E-state index contributed by atoms with van der Waals surface area (Å²) in [5, 5.41) is 46.0. The third-order valence-corrected chi connectivity index (χ3v) is 11.5. The van der Waals surface area contributed by atoms with Gasteiger partial charge in [0.15, 0.2) is 18.0 Å². The number of rotatable bonds is 14. The molecule has 0 aromatic rings. The fourth-order valence-electron chi connectivity index (χ4n) is 9.11. The van der Waals surface area contributed by atoms with Gasteiger partial charge in [-0.25, -0.2) is 0 Å². The van der Waals surface area contributed by atoms with Gasteiger partial charge < -0.3 is 14.6 Å². The van der Waals surface area contributed by atoms with E-state index in [-0.39, 0.29) is 62.9 Å². The Bertz CT molecular complexity index is 1250. The Kier molecular flexibility index (Phi) is 10.9. The molecule has 15 heteroatoms. The number of Topliss-reactive ketones (excluding diaryl/α,β-unsaturated/α-hetero) is 1. The molecule has 258 valence electrons. The van der Waals surface area contributed by atoms with Gasteiger partial charge >= 0.3 is 11.9 Å². The highest BCUT2D eigenvalue weighted by Crippen LogP contribution is 2.73. The number of fused-ring (bicyclic) bond motifs is 5. The molecule has 46 heavy (non-hydrogen) atoms. The van der Waals surface area contributed by atoms with Crippen LogP contribution in [0.4, 0.5) is 0 Å². The molecule has 2 unspecified atom stereocenters. The summed E-state index contributed by atoms with van der Waals surface area (Å²) < 4.78 is 11.5. The monoisotopic (exact) mass is 654 g/mol. The van der Waals surface area contributed by atoms with E-state index in [9.17, 15) is 24.3 Å². The van der Waals surface area contributed by atoms with E-state index in [2.05, 4.69) is 9.68 Å². The molecule has 15 nitrogen and oxygen atoms in total. The van der Waals surface area contributed by atoms with Gasteiger partial charge in [0.25, 0.3) is 0 Å². The molecule has 0 aromatic heterocycles. The minimum absolute atomic E-state index is 0.0489. The molecule has 8 atom stereocenters. The molecule has 0 radical (unpaired) electrons. The normalized spacial score (nSPS) is 36.6. The molecule has 0 aliphatic heterocycles. The van der Waals surface area contributed by atoms with Gasteiger partial charge in [-0.15, -0.1) is 0 Å². The number of esters is 2. The first kappa shape index (κ1) is 36.2. The molecular weight excluding hydrogens is 608 g/mol. The average Bonchev–Trinajstić information content (AvgIpc) is 3.19. The second-order valence-corrected chi connectivity index (χ2v) is 13.6. The van der Waals surface area contributed by atoms with Crippen molar-refractivity contribution < 1.29 is 64.3 Å². The lowest BCUT2D eigenvalue weighted by Gasteiger charge is -2.65. The van der Waals surface area contributed by atoms with Crippen molar-refractivity contribution in [2.24, 2.45) is 34.0 Å². The van der Waals surface area contributed by atoms with Crippen LogP contribution in [-0.2, 0) is 38.3 Å². The van der Waals surface area contributed by atoms with E-state index in [1.807, 2.05) is 33.8 Å². The topological polar surface area (TPSA) is 213 Å². The van der Waals surface area contributed by atoms with Gasteiger partial charge in [-0.1, -0.05) is 39.3 Å². The van der Waals surface area contributed by atoms with Crippen molar-refractivity contribution >= 4 is 23.5 Å².